The number of nitrogens with zero attached hydrogens (tertiary/aromatic N) is 4. The molecule has 0 amide bonds. The summed E-state index contributed by atoms with van der Waals surface area (Å²) in [4.78, 5) is 10.5. The van der Waals surface area contributed by atoms with Crippen molar-refractivity contribution in [2.45, 2.75) is 12.8 Å². The summed E-state index contributed by atoms with van der Waals surface area (Å²) < 4.78 is 0. The highest BCUT2D eigenvalue weighted by molar-refractivity contribution is 5.96. The topological polar surface area (TPSA) is 110 Å². The normalized spacial score (nSPS) is 16.1. The fraction of sp³-hybridized carbons (Fsp3) is 0.444. The Kier molecular flexibility index (Phi) is 1.85. The lowest BCUT2D eigenvalue weighted by Gasteiger charge is -2.17. The summed E-state index contributed by atoms with van der Waals surface area (Å²) in [6, 6.07) is 0. The number of nitrogens with one attached hydrogen (secondary N) is 1. The number of hydrogen-bond acceptors (Lipinski definition) is 6. The first-order valence-electron chi connectivity index (χ1n) is 5.28. The highest BCUT2D eigenvalue weighted by Crippen LogP contribution is 2.29. The van der Waals surface area contributed by atoms with Crippen LogP contribution in [0.3, 0.4) is 0 Å². The van der Waals surface area contributed by atoms with E-state index in [1.807, 2.05) is 0 Å². The van der Waals surface area contributed by atoms with Gasteiger partial charge in [0.25, 0.3) is 0 Å². The summed E-state index contributed by atoms with van der Waals surface area (Å²) >= 11 is 0. The monoisotopic (exact) mass is 219 g/mol. The molecule has 0 aliphatic carbocycles. The third kappa shape index (κ3) is 1.24. The van der Waals surface area contributed by atoms with Crippen molar-refractivity contribution in [3.05, 3.63) is 0 Å². The Balaban J connectivity index is 2.23. The minimum absolute atomic E-state index is 0.237. The van der Waals surface area contributed by atoms with Crippen LogP contribution < -0.4 is 16.4 Å². The van der Waals surface area contributed by atoms with Crippen LogP contribution in [0.15, 0.2) is 0 Å². The largest absolute Gasteiger partial charge is 0.383 e. The number of H-pyrrole nitrogens is 1. The van der Waals surface area contributed by atoms with Crippen molar-refractivity contribution in [3.63, 3.8) is 0 Å². The molecule has 2 aromatic rings. The van der Waals surface area contributed by atoms with Gasteiger partial charge in [0.1, 0.15) is 17.0 Å². The van der Waals surface area contributed by atoms with Crippen LogP contribution in [0.5, 0.6) is 0 Å². The summed E-state index contributed by atoms with van der Waals surface area (Å²) in [5, 5.41) is 7.49. The molecule has 0 atom stereocenters. The second-order valence-corrected chi connectivity index (χ2v) is 3.94. The van der Waals surface area contributed by atoms with Crippen molar-refractivity contribution in [2.24, 2.45) is 0 Å². The smallest absolute Gasteiger partial charge is 0.224 e. The summed E-state index contributed by atoms with van der Waals surface area (Å²) in [5.41, 5.74) is 12.0. The number of hydrogen-bond donors (Lipinski definition) is 3. The van der Waals surface area contributed by atoms with E-state index < -0.39 is 0 Å². The highest BCUT2D eigenvalue weighted by atomic mass is 15.3. The Hall–Kier alpha value is -2.05. The molecule has 3 rings (SSSR count). The lowest BCUT2D eigenvalue weighted by atomic mass is 10.3. The molecule has 0 radical (unpaired) electrons. The zero-order valence-corrected chi connectivity index (χ0v) is 8.77. The van der Waals surface area contributed by atoms with Gasteiger partial charge in [0, 0.05) is 13.1 Å². The summed E-state index contributed by atoms with van der Waals surface area (Å²) in [6.45, 7) is 1.96. The van der Waals surface area contributed by atoms with Crippen LogP contribution in [-0.2, 0) is 0 Å². The summed E-state index contributed by atoms with van der Waals surface area (Å²) in [5.74, 6) is 1.53. The lowest BCUT2D eigenvalue weighted by Crippen LogP contribution is -2.20. The van der Waals surface area contributed by atoms with E-state index in [1.165, 1.54) is 12.8 Å². The molecule has 0 spiro atoms. The van der Waals surface area contributed by atoms with E-state index in [0.717, 1.165) is 24.3 Å². The predicted octanol–water partition coefficient (Wildman–Crippen LogP) is 0.117. The standard InChI is InChI=1S/C9H13N7/c10-6-5-7(15-14-6)12-9(11)13-8(5)16-3-1-2-4-16/h1-4H2,(H5,10,11,12,13,14,15). The molecule has 1 saturated heterocycles. The van der Waals surface area contributed by atoms with Gasteiger partial charge in [-0.3, -0.25) is 5.10 Å². The zero-order valence-electron chi connectivity index (χ0n) is 8.77. The molecular formula is C9H13N7. The quantitative estimate of drug-likeness (QED) is 0.628. The van der Waals surface area contributed by atoms with E-state index in [0.29, 0.717) is 11.5 Å². The molecule has 0 saturated carbocycles. The van der Waals surface area contributed by atoms with Gasteiger partial charge >= 0.3 is 0 Å². The molecule has 1 fully saturated rings. The van der Waals surface area contributed by atoms with E-state index in [-0.39, 0.29) is 5.95 Å². The number of aromatic amines is 1. The molecule has 16 heavy (non-hydrogen) atoms. The Labute approximate surface area is 91.8 Å². The van der Waals surface area contributed by atoms with Gasteiger partial charge in [-0.15, -0.1) is 0 Å². The SMILES string of the molecule is Nc1nc(N2CCCC2)c2c(N)[nH]nc2n1. The van der Waals surface area contributed by atoms with Crippen LogP contribution in [0.25, 0.3) is 11.0 Å². The number of nitrogen functional groups attached to an aromatic ring is 2. The van der Waals surface area contributed by atoms with Crippen molar-refractivity contribution in [2.75, 3.05) is 29.5 Å². The van der Waals surface area contributed by atoms with Crippen LogP contribution in [-0.4, -0.2) is 33.3 Å². The van der Waals surface area contributed by atoms with Crippen molar-refractivity contribution >= 4 is 28.6 Å². The zero-order chi connectivity index (χ0) is 11.1. The minimum Gasteiger partial charge on any atom is -0.383 e. The summed E-state index contributed by atoms with van der Waals surface area (Å²) in [7, 11) is 0. The first-order valence-corrected chi connectivity index (χ1v) is 5.28. The van der Waals surface area contributed by atoms with Crippen LogP contribution in [0.2, 0.25) is 0 Å². The van der Waals surface area contributed by atoms with Gasteiger partial charge in [-0.1, -0.05) is 0 Å². The Bertz CT molecular complexity index is 526. The number of nitrogens with two attached hydrogens (primary N) is 2. The second-order valence-electron chi connectivity index (χ2n) is 3.94. The van der Waals surface area contributed by atoms with E-state index >= 15 is 0 Å². The van der Waals surface area contributed by atoms with Crippen molar-refractivity contribution in [3.8, 4) is 0 Å². The molecular weight excluding hydrogens is 206 g/mol. The molecule has 0 aromatic carbocycles. The van der Waals surface area contributed by atoms with Gasteiger partial charge in [-0.05, 0) is 12.8 Å². The van der Waals surface area contributed by atoms with Gasteiger partial charge in [-0.25, -0.2) is 0 Å². The fourth-order valence-electron chi connectivity index (χ4n) is 2.10. The first-order chi connectivity index (χ1) is 7.75. The van der Waals surface area contributed by atoms with Gasteiger partial charge in [0.15, 0.2) is 5.65 Å². The van der Waals surface area contributed by atoms with Crippen LogP contribution in [0.4, 0.5) is 17.6 Å². The number of aromatic nitrogens is 4. The molecule has 3 heterocycles. The van der Waals surface area contributed by atoms with E-state index in [1.54, 1.807) is 0 Å². The number of anilines is 3. The molecule has 2 aromatic heterocycles. The molecule has 5 N–H and O–H groups in total. The van der Waals surface area contributed by atoms with Gasteiger partial charge < -0.3 is 16.4 Å². The van der Waals surface area contributed by atoms with Crippen LogP contribution in [0.1, 0.15) is 12.8 Å². The van der Waals surface area contributed by atoms with Crippen LogP contribution in [0, 0.1) is 0 Å². The number of rotatable bonds is 1. The van der Waals surface area contributed by atoms with E-state index in [4.69, 9.17) is 11.5 Å². The fourth-order valence-corrected chi connectivity index (χ4v) is 2.10. The average molecular weight is 219 g/mol. The second kappa shape index (κ2) is 3.22. The highest BCUT2D eigenvalue weighted by Gasteiger charge is 2.20. The first kappa shape index (κ1) is 9.20. The average Bonchev–Trinajstić information content (AvgIpc) is 2.87. The molecule has 7 nitrogen and oxygen atoms in total. The van der Waals surface area contributed by atoms with Crippen molar-refractivity contribution in [1.82, 2.24) is 20.2 Å². The maximum absolute atomic E-state index is 5.83. The molecule has 1 aliphatic rings. The molecule has 7 heteroatoms. The molecule has 84 valence electrons. The van der Waals surface area contributed by atoms with E-state index in [2.05, 4.69) is 25.1 Å². The molecule has 0 unspecified atom stereocenters. The predicted molar refractivity (Wildman–Crippen MR) is 62.0 cm³/mol. The molecule has 0 bridgehead atoms. The third-order valence-electron chi connectivity index (χ3n) is 2.85. The van der Waals surface area contributed by atoms with Crippen LogP contribution >= 0.6 is 0 Å². The van der Waals surface area contributed by atoms with Gasteiger partial charge in [-0.2, -0.15) is 15.1 Å². The molecule has 1 aliphatic heterocycles. The van der Waals surface area contributed by atoms with Gasteiger partial charge in [0.2, 0.25) is 5.95 Å². The van der Waals surface area contributed by atoms with E-state index in [9.17, 15) is 0 Å². The summed E-state index contributed by atoms with van der Waals surface area (Å²) in [6.07, 6.45) is 2.34. The van der Waals surface area contributed by atoms with Crippen molar-refractivity contribution in [1.29, 1.82) is 0 Å². The van der Waals surface area contributed by atoms with Gasteiger partial charge in [0.05, 0.1) is 0 Å². The minimum atomic E-state index is 0.237. The van der Waals surface area contributed by atoms with Crippen molar-refractivity contribution < 1.29 is 0 Å². The Morgan fingerprint density at radius 2 is 1.88 bits per heavy atom. The maximum atomic E-state index is 5.83. The Morgan fingerprint density at radius 3 is 2.62 bits per heavy atom. The number of fused-ring (bicyclic) bond motifs is 1. The maximum Gasteiger partial charge on any atom is 0.224 e. The lowest BCUT2D eigenvalue weighted by molar-refractivity contribution is 0.942. The third-order valence-corrected chi connectivity index (χ3v) is 2.85. The Morgan fingerprint density at radius 1 is 1.12 bits per heavy atom.